The van der Waals surface area contributed by atoms with Crippen LogP contribution in [0.4, 0.5) is 24.5 Å². The average molecular weight is 471 g/mol. The van der Waals surface area contributed by atoms with Gasteiger partial charge in [0.1, 0.15) is 5.69 Å². The van der Waals surface area contributed by atoms with Gasteiger partial charge in [-0.25, -0.2) is 8.42 Å². The Balaban J connectivity index is 1.71. The topological polar surface area (TPSA) is 110 Å². The summed E-state index contributed by atoms with van der Waals surface area (Å²) in [7, 11) is -3.65. The number of halogens is 3. The number of ketones is 1. The number of nitrogens with one attached hydrogen (secondary N) is 1. The van der Waals surface area contributed by atoms with E-state index in [2.05, 4.69) is 5.32 Å². The van der Waals surface area contributed by atoms with E-state index in [-0.39, 0.29) is 16.1 Å². The highest BCUT2D eigenvalue weighted by Crippen LogP contribution is 2.35. The first kappa shape index (κ1) is 23.7. The van der Waals surface area contributed by atoms with Gasteiger partial charge in [-0.1, -0.05) is 6.42 Å². The molecule has 0 saturated carbocycles. The number of nitrogens with zero attached hydrogens (tertiary/aromatic N) is 2. The summed E-state index contributed by atoms with van der Waals surface area (Å²) >= 11 is 0. The predicted octanol–water partition coefficient (Wildman–Crippen LogP) is 4.08. The zero-order valence-electron chi connectivity index (χ0n) is 16.8. The Morgan fingerprint density at radius 2 is 1.69 bits per heavy atom. The molecule has 12 heteroatoms. The van der Waals surface area contributed by atoms with Crippen molar-refractivity contribution in [2.45, 2.75) is 30.3 Å². The van der Waals surface area contributed by atoms with Crippen LogP contribution in [0.5, 0.6) is 0 Å². The van der Waals surface area contributed by atoms with E-state index in [0.717, 1.165) is 25.3 Å². The number of hydrogen-bond donors (Lipinski definition) is 1. The van der Waals surface area contributed by atoms with Crippen molar-refractivity contribution in [3.05, 3.63) is 63.7 Å². The van der Waals surface area contributed by atoms with E-state index in [1.165, 1.54) is 28.6 Å². The lowest BCUT2D eigenvalue weighted by molar-refractivity contribution is -0.384. The third kappa shape index (κ3) is 5.25. The van der Waals surface area contributed by atoms with E-state index < -0.39 is 44.7 Å². The molecule has 172 valence electrons. The second-order valence-corrected chi connectivity index (χ2v) is 9.19. The van der Waals surface area contributed by atoms with Crippen LogP contribution in [0.15, 0.2) is 47.4 Å². The van der Waals surface area contributed by atoms with Crippen LogP contribution < -0.4 is 5.32 Å². The van der Waals surface area contributed by atoms with E-state index in [9.17, 15) is 36.5 Å². The molecule has 0 aliphatic carbocycles. The zero-order chi connectivity index (χ0) is 23.5. The Kier molecular flexibility index (Phi) is 6.84. The van der Waals surface area contributed by atoms with E-state index >= 15 is 0 Å². The Labute approximate surface area is 182 Å². The summed E-state index contributed by atoms with van der Waals surface area (Å²) in [4.78, 5) is 22.6. The van der Waals surface area contributed by atoms with Crippen molar-refractivity contribution in [2.24, 2.45) is 0 Å². The molecule has 8 nitrogen and oxygen atoms in total. The Bertz CT molecular complexity index is 1110. The van der Waals surface area contributed by atoms with Crippen molar-refractivity contribution in [3.8, 4) is 0 Å². The number of anilines is 1. The predicted molar refractivity (Wildman–Crippen MR) is 110 cm³/mol. The molecule has 0 atom stereocenters. The molecule has 0 radical (unpaired) electrons. The minimum Gasteiger partial charge on any atom is -0.372 e. The average Bonchev–Trinajstić information content (AvgIpc) is 2.77. The molecular formula is C20H20F3N3O5S. The summed E-state index contributed by atoms with van der Waals surface area (Å²) in [5.74, 6) is -0.513. The highest BCUT2D eigenvalue weighted by atomic mass is 32.2. The van der Waals surface area contributed by atoms with Gasteiger partial charge in [0.15, 0.2) is 5.78 Å². The third-order valence-corrected chi connectivity index (χ3v) is 7.00. The largest absolute Gasteiger partial charge is 0.416 e. The van der Waals surface area contributed by atoms with Gasteiger partial charge in [0, 0.05) is 24.7 Å². The molecule has 0 spiro atoms. The summed E-state index contributed by atoms with van der Waals surface area (Å²) in [6, 6.07) is 7.27. The van der Waals surface area contributed by atoms with Crippen LogP contribution in [0, 0.1) is 10.1 Å². The minimum absolute atomic E-state index is 0.0577. The van der Waals surface area contributed by atoms with Crippen LogP contribution in [0.2, 0.25) is 0 Å². The Morgan fingerprint density at radius 3 is 2.25 bits per heavy atom. The number of Topliss-reactive ketones (excluding diaryl/α,β-unsaturated/α-hetero) is 1. The molecule has 2 aromatic carbocycles. The molecule has 0 bridgehead atoms. The normalized spacial score (nSPS) is 15.3. The monoisotopic (exact) mass is 471 g/mol. The molecule has 3 rings (SSSR count). The van der Waals surface area contributed by atoms with Crippen molar-refractivity contribution >= 4 is 27.2 Å². The molecule has 1 saturated heterocycles. The third-order valence-electron chi connectivity index (χ3n) is 5.09. The standard InChI is InChI=1S/C20H20F3N3O5S/c21-20(22,23)15-6-9-17(18(12-15)26(28)29)24-13-19(27)14-4-7-16(8-5-14)32(30,31)25-10-2-1-3-11-25/h4-9,12,24H,1-3,10-11,13H2. The van der Waals surface area contributed by atoms with Gasteiger partial charge in [-0.05, 0) is 49.2 Å². The van der Waals surface area contributed by atoms with Gasteiger partial charge < -0.3 is 5.32 Å². The second-order valence-electron chi connectivity index (χ2n) is 7.25. The molecule has 0 amide bonds. The molecule has 0 aromatic heterocycles. The number of nitro benzene ring substituents is 1. The first-order chi connectivity index (χ1) is 15.0. The number of alkyl halides is 3. The van der Waals surface area contributed by atoms with Gasteiger partial charge in [-0.3, -0.25) is 14.9 Å². The first-order valence-electron chi connectivity index (χ1n) is 9.73. The number of carbonyl (C=O) groups is 1. The zero-order valence-corrected chi connectivity index (χ0v) is 17.6. The smallest absolute Gasteiger partial charge is 0.372 e. The molecule has 1 aliphatic heterocycles. The number of carbonyl (C=O) groups excluding carboxylic acids is 1. The summed E-state index contributed by atoms with van der Waals surface area (Å²) in [6.45, 7) is 0.460. The van der Waals surface area contributed by atoms with Crippen molar-refractivity contribution in [2.75, 3.05) is 25.0 Å². The van der Waals surface area contributed by atoms with Gasteiger partial charge in [0.05, 0.1) is 21.9 Å². The molecular weight excluding hydrogens is 451 g/mol. The van der Waals surface area contributed by atoms with E-state index in [4.69, 9.17) is 0 Å². The van der Waals surface area contributed by atoms with Crippen molar-refractivity contribution in [1.29, 1.82) is 0 Å². The van der Waals surface area contributed by atoms with Crippen LogP contribution in [0.25, 0.3) is 0 Å². The van der Waals surface area contributed by atoms with Gasteiger partial charge in [0.25, 0.3) is 5.69 Å². The van der Waals surface area contributed by atoms with Crippen molar-refractivity contribution in [3.63, 3.8) is 0 Å². The van der Waals surface area contributed by atoms with E-state index in [1.54, 1.807) is 0 Å². The molecule has 2 aromatic rings. The minimum atomic E-state index is -4.74. The van der Waals surface area contributed by atoms with Crippen LogP contribution in [0.1, 0.15) is 35.2 Å². The lowest BCUT2D eigenvalue weighted by Crippen LogP contribution is -2.35. The quantitative estimate of drug-likeness (QED) is 0.370. The molecule has 1 aliphatic rings. The summed E-state index contributed by atoms with van der Waals surface area (Å²) in [5, 5.41) is 13.6. The molecule has 1 fully saturated rings. The Morgan fingerprint density at radius 1 is 1.06 bits per heavy atom. The van der Waals surface area contributed by atoms with Crippen LogP contribution in [-0.4, -0.2) is 43.1 Å². The fourth-order valence-electron chi connectivity index (χ4n) is 3.35. The number of piperidine rings is 1. The number of benzene rings is 2. The van der Waals surface area contributed by atoms with Crippen LogP contribution in [0.3, 0.4) is 0 Å². The van der Waals surface area contributed by atoms with Gasteiger partial charge in [-0.15, -0.1) is 0 Å². The van der Waals surface area contributed by atoms with Gasteiger partial charge in [0.2, 0.25) is 10.0 Å². The molecule has 32 heavy (non-hydrogen) atoms. The van der Waals surface area contributed by atoms with Crippen LogP contribution >= 0.6 is 0 Å². The highest BCUT2D eigenvalue weighted by Gasteiger charge is 2.33. The maximum absolute atomic E-state index is 12.8. The fourth-order valence-corrected chi connectivity index (χ4v) is 4.87. The summed E-state index contributed by atoms with van der Waals surface area (Å²) in [5.41, 5.74) is -2.06. The Hall–Kier alpha value is -2.99. The molecule has 0 unspecified atom stereocenters. The molecule has 1 heterocycles. The maximum atomic E-state index is 12.8. The summed E-state index contributed by atoms with van der Waals surface area (Å²) < 4.78 is 65.1. The van der Waals surface area contributed by atoms with Crippen molar-refractivity contribution < 1.29 is 31.3 Å². The number of nitro groups is 1. The van der Waals surface area contributed by atoms with Gasteiger partial charge >= 0.3 is 6.18 Å². The maximum Gasteiger partial charge on any atom is 0.416 e. The number of sulfonamides is 1. The molecule has 1 N–H and O–H groups in total. The SMILES string of the molecule is O=C(CNc1ccc(C(F)(F)F)cc1[N+](=O)[O-])c1ccc(S(=O)(=O)N2CCCCC2)cc1. The fraction of sp³-hybridized carbons (Fsp3) is 0.350. The first-order valence-corrected chi connectivity index (χ1v) is 11.2. The lowest BCUT2D eigenvalue weighted by atomic mass is 10.1. The second kappa shape index (κ2) is 9.25. The highest BCUT2D eigenvalue weighted by molar-refractivity contribution is 7.89. The number of rotatable bonds is 7. The van der Waals surface area contributed by atoms with E-state index in [1.807, 2.05) is 0 Å². The van der Waals surface area contributed by atoms with Crippen molar-refractivity contribution in [1.82, 2.24) is 4.31 Å². The van der Waals surface area contributed by atoms with Gasteiger partial charge in [-0.2, -0.15) is 17.5 Å². The van der Waals surface area contributed by atoms with E-state index in [0.29, 0.717) is 25.2 Å². The lowest BCUT2D eigenvalue weighted by Gasteiger charge is -2.25. The summed E-state index contributed by atoms with van der Waals surface area (Å²) in [6.07, 6.45) is -2.19. The number of hydrogen-bond acceptors (Lipinski definition) is 6. The van der Waals surface area contributed by atoms with Crippen LogP contribution in [-0.2, 0) is 16.2 Å².